The molecule has 2 aromatic rings. The predicted octanol–water partition coefficient (Wildman–Crippen LogP) is 2.90. The molecule has 0 aliphatic carbocycles. The first kappa shape index (κ1) is 13.4. The average molecular weight is 269 g/mol. The molecule has 1 atom stereocenters. The van der Waals surface area contributed by atoms with E-state index in [9.17, 15) is 0 Å². The summed E-state index contributed by atoms with van der Waals surface area (Å²) < 4.78 is 2.33. The van der Waals surface area contributed by atoms with E-state index in [0.717, 1.165) is 26.1 Å². The van der Waals surface area contributed by atoms with Gasteiger partial charge in [-0.05, 0) is 38.3 Å². The molecule has 106 valence electrons. The number of hydrogen-bond acceptors (Lipinski definition) is 2. The molecule has 0 saturated carbocycles. The quantitative estimate of drug-likeness (QED) is 0.925. The highest BCUT2D eigenvalue weighted by Crippen LogP contribution is 2.23. The van der Waals surface area contributed by atoms with Crippen molar-refractivity contribution in [3.05, 3.63) is 53.6 Å². The van der Waals surface area contributed by atoms with Gasteiger partial charge in [0.2, 0.25) is 0 Å². The molecular formula is C17H23N3. The van der Waals surface area contributed by atoms with Crippen LogP contribution in [0.4, 0.5) is 0 Å². The standard InChI is InChI=1S/C17H23N3/c1-14-4-2-5-15(10-14)7-9-20-13-19-12-17(20)16-6-3-8-18-11-16/h2,4-5,10,12-13,16,18H,3,6-9,11H2,1H3. The maximum atomic E-state index is 4.36. The second-order valence-corrected chi connectivity index (χ2v) is 5.79. The second-order valence-electron chi connectivity index (χ2n) is 5.79. The molecule has 0 spiro atoms. The minimum Gasteiger partial charge on any atom is -0.334 e. The first-order valence-electron chi connectivity index (χ1n) is 7.59. The molecule has 0 radical (unpaired) electrons. The fourth-order valence-electron chi connectivity index (χ4n) is 3.08. The number of rotatable bonds is 4. The Bertz CT molecular complexity index is 553. The van der Waals surface area contributed by atoms with Gasteiger partial charge in [-0.1, -0.05) is 29.8 Å². The molecular weight excluding hydrogens is 246 g/mol. The van der Waals surface area contributed by atoms with Gasteiger partial charge in [-0.2, -0.15) is 0 Å². The minimum atomic E-state index is 0.628. The Kier molecular flexibility index (Phi) is 4.16. The van der Waals surface area contributed by atoms with Crippen LogP contribution < -0.4 is 5.32 Å². The number of nitrogens with zero attached hydrogens (tertiary/aromatic N) is 2. The van der Waals surface area contributed by atoms with E-state index in [2.05, 4.69) is 46.1 Å². The van der Waals surface area contributed by atoms with Crippen LogP contribution in [0.1, 0.15) is 35.6 Å². The summed E-state index contributed by atoms with van der Waals surface area (Å²) in [5.74, 6) is 0.628. The van der Waals surface area contributed by atoms with Gasteiger partial charge in [0.25, 0.3) is 0 Å². The highest BCUT2D eigenvalue weighted by atomic mass is 15.1. The van der Waals surface area contributed by atoms with Crippen LogP contribution in [0.15, 0.2) is 36.8 Å². The average Bonchev–Trinajstić information content (AvgIpc) is 2.95. The lowest BCUT2D eigenvalue weighted by Crippen LogP contribution is -2.29. The first-order valence-corrected chi connectivity index (χ1v) is 7.59. The molecule has 1 aromatic heterocycles. The molecule has 3 rings (SSSR count). The number of benzene rings is 1. The van der Waals surface area contributed by atoms with Crippen LogP contribution >= 0.6 is 0 Å². The van der Waals surface area contributed by atoms with Gasteiger partial charge in [0.15, 0.2) is 0 Å². The molecule has 20 heavy (non-hydrogen) atoms. The molecule has 0 bridgehead atoms. The number of nitrogens with one attached hydrogen (secondary N) is 1. The summed E-state index contributed by atoms with van der Waals surface area (Å²) in [6, 6.07) is 8.79. The van der Waals surface area contributed by atoms with Crippen molar-refractivity contribution in [2.75, 3.05) is 13.1 Å². The molecule has 1 aromatic carbocycles. The normalized spacial score (nSPS) is 19.1. The van der Waals surface area contributed by atoms with Gasteiger partial charge in [0.1, 0.15) is 0 Å². The first-order chi connectivity index (χ1) is 9.83. The Hall–Kier alpha value is -1.61. The predicted molar refractivity (Wildman–Crippen MR) is 82.0 cm³/mol. The van der Waals surface area contributed by atoms with Gasteiger partial charge in [0.05, 0.1) is 6.33 Å². The van der Waals surface area contributed by atoms with Gasteiger partial charge >= 0.3 is 0 Å². The summed E-state index contributed by atoms with van der Waals surface area (Å²) >= 11 is 0. The molecule has 1 fully saturated rings. The topological polar surface area (TPSA) is 29.9 Å². The number of imidazole rings is 1. The summed E-state index contributed by atoms with van der Waals surface area (Å²) in [5.41, 5.74) is 4.14. The SMILES string of the molecule is Cc1cccc(CCn2cncc2C2CCCNC2)c1. The van der Waals surface area contributed by atoms with Gasteiger partial charge in [-0.15, -0.1) is 0 Å². The van der Waals surface area contributed by atoms with Crippen molar-refractivity contribution >= 4 is 0 Å². The zero-order valence-corrected chi connectivity index (χ0v) is 12.2. The van der Waals surface area contributed by atoms with Crippen LogP contribution in [0.25, 0.3) is 0 Å². The van der Waals surface area contributed by atoms with Crippen LogP contribution in [0, 0.1) is 6.92 Å². The van der Waals surface area contributed by atoms with Crippen molar-refractivity contribution in [1.82, 2.24) is 14.9 Å². The fraction of sp³-hybridized carbons (Fsp3) is 0.471. The molecule has 0 amide bonds. The molecule has 1 N–H and O–H groups in total. The minimum absolute atomic E-state index is 0.628. The van der Waals surface area contributed by atoms with E-state index in [-0.39, 0.29) is 0 Å². The number of aromatic nitrogens is 2. The van der Waals surface area contributed by atoms with E-state index in [0.29, 0.717) is 5.92 Å². The van der Waals surface area contributed by atoms with Crippen LogP contribution in [0.2, 0.25) is 0 Å². The summed E-state index contributed by atoms with van der Waals surface area (Å²) in [4.78, 5) is 4.36. The van der Waals surface area contributed by atoms with Crippen molar-refractivity contribution in [3.8, 4) is 0 Å². The highest BCUT2D eigenvalue weighted by Gasteiger charge is 2.18. The van der Waals surface area contributed by atoms with Crippen molar-refractivity contribution in [1.29, 1.82) is 0 Å². The smallest absolute Gasteiger partial charge is 0.0948 e. The Balaban J connectivity index is 1.67. The van der Waals surface area contributed by atoms with Crippen molar-refractivity contribution in [2.45, 2.75) is 38.6 Å². The molecule has 1 saturated heterocycles. The van der Waals surface area contributed by atoms with Crippen LogP contribution in [-0.4, -0.2) is 22.6 Å². The summed E-state index contributed by atoms with van der Waals surface area (Å²) in [7, 11) is 0. The molecule has 3 nitrogen and oxygen atoms in total. The lowest BCUT2D eigenvalue weighted by atomic mass is 9.96. The van der Waals surface area contributed by atoms with E-state index in [1.54, 1.807) is 0 Å². The van der Waals surface area contributed by atoms with Gasteiger partial charge in [-0.25, -0.2) is 4.98 Å². The lowest BCUT2D eigenvalue weighted by molar-refractivity contribution is 0.440. The van der Waals surface area contributed by atoms with Crippen LogP contribution in [0.3, 0.4) is 0 Å². The van der Waals surface area contributed by atoms with Crippen molar-refractivity contribution in [3.63, 3.8) is 0 Å². The zero-order valence-electron chi connectivity index (χ0n) is 12.2. The molecule has 1 aliphatic heterocycles. The van der Waals surface area contributed by atoms with E-state index in [1.807, 2.05) is 12.5 Å². The zero-order chi connectivity index (χ0) is 13.8. The number of piperidine rings is 1. The Morgan fingerprint density at radius 3 is 3.15 bits per heavy atom. The number of aryl methyl sites for hydroxylation is 3. The van der Waals surface area contributed by atoms with Gasteiger partial charge < -0.3 is 9.88 Å². The second kappa shape index (κ2) is 6.23. The molecule has 2 heterocycles. The van der Waals surface area contributed by atoms with Gasteiger partial charge in [-0.3, -0.25) is 0 Å². The van der Waals surface area contributed by atoms with E-state index in [1.165, 1.54) is 29.7 Å². The van der Waals surface area contributed by atoms with E-state index >= 15 is 0 Å². The summed E-state index contributed by atoms with van der Waals surface area (Å²) in [6.07, 6.45) is 7.66. The van der Waals surface area contributed by atoms with Crippen LogP contribution in [-0.2, 0) is 13.0 Å². The highest BCUT2D eigenvalue weighted by molar-refractivity contribution is 5.22. The summed E-state index contributed by atoms with van der Waals surface area (Å²) in [6.45, 7) is 5.43. The van der Waals surface area contributed by atoms with E-state index < -0.39 is 0 Å². The third kappa shape index (κ3) is 3.10. The maximum absolute atomic E-state index is 4.36. The molecule has 3 heteroatoms. The largest absolute Gasteiger partial charge is 0.334 e. The lowest BCUT2D eigenvalue weighted by Gasteiger charge is -2.23. The Morgan fingerprint density at radius 1 is 1.40 bits per heavy atom. The van der Waals surface area contributed by atoms with Crippen molar-refractivity contribution < 1.29 is 0 Å². The fourth-order valence-corrected chi connectivity index (χ4v) is 3.08. The van der Waals surface area contributed by atoms with E-state index in [4.69, 9.17) is 0 Å². The van der Waals surface area contributed by atoms with Crippen molar-refractivity contribution in [2.24, 2.45) is 0 Å². The number of hydrogen-bond donors (Lipinski definition) is 1. The summed E-state index contributed by atoms with van der Waals surface area (Å²) in [5, 5.41) is 3.49. The Labute approximate surface area is 121 Å². The Morgan fingerprint density at radius 2 is 2.35 bits per heavy atom. The monoisotopic (exact) mass is 269 g/mol. The molecule has 1 unspecified atom stereocenters. The van der Waals surface area contributed by atoms with Crippen LogP contribution in [0.5, 0.6) is 0 Å². The maximum Gasteiger partial charge on any atom is 0.0948 e. The third-order valence-electron chi connectivity index (χ3n) is 4.18. The van der Waals surface area contributed by atoms with Gasteiger partial charge in [0, 0.05) is 30.9 Å². The molecule has 1 aliphatic rings. The third-order valence-corrected chi connectivity index (χ3v) is 4.18.